The lowest BCUT2D eigenvalue weighted by molar-refractivity contribution is 0.868. The maximum absolute atomic E-state index is 2.51. The molecule has 1 heterocycles. The average Bonchev–Trinajstić information content (AvgIpc) is 3.12. The Labute approximate surface area is 131 Å². The van der Waals surface area contributed by atoms with Crippen LogP contribution in [-0.2, 0) is 12.8 Å². The molecule has 0 atom stereocenters. The largest absolute Gasteiger partial charge is 0.371 e. The van der Waals surface area contributed by atoms with Crippen LogP contribution in [0.3, 0.4) is 0 Å². The Bertz CT molecular complexity index is 907. The van der Waals surface area contributed by atoms with Crippen LogP contribution < -0.4 is 4.90 Å². The van der Waals surface area contributed by atoms with Gasteiger partial charge in [-0.3, -0.25) is 0 Å². The van der Waals surface area contributed by atoms with E-state index >= 15 is 0 Å². The summed E-state index contributed by atoms with van der Waals surface area (Å²) in [5, 5.41) is 2.72. The molecule has 1 nitrogen and oxygen atoms in total. The van der Waals surface area contributed by atoms with Crippen molar-refractivity contribution in [1.82, 2.24) is 0 Å². The third-order valence-electron chi connectivity index (χ3n) is 5.35. The number of likely N-dealkylation sites (N-methyl/N-ethyl adjacent to an activating group) is 1. The first-order valence-electron chi connectivity index (χ1n) is 8.27. The third-order valence-corrected chi connectivity index (χ3v) is 5.35. The molecule has 1 aliphatic heterocycles. The van der Waals surface area contributed by atoms with Crippen molar-refractivity contribution in [3.05, 3.63) is 65.2 Å². The molecule has 108 valence electrons. The maximum atomic E-state index is 2.51. The number of rotatable bonds is 1. The molecule has 0 bridgehead atoms. The summed E-state index contributed by atoms with van der Waals surface area (Å²) in [6.45, 7) is 4.53. The molecule has 0 aromatic heterocycles. The molecule has 3 aromatic rings. The second-order valence-electron chi connectivity index (χ2n) is 6.46. The summed E-state index contributed by atoms with van der Waals surface area (Å²) >= 11 is 0. The first-order chi connectivity index (χ1) is 10.8. The molecule has 0 radical (unpaired) electrons. The van der Waals surface area contributed by atoms with Crippen molar-refractivity contribution < 1.29 is 0 Å². The van der Waals surface area contributed by atoms with E-state index in [4.69, 9.17) is 0 Å². The van der Waals surface area contributed by atoms with Gasteiger partial charge in [0.2, 0.25) is 0 Å². The van der Waals surface area contributed by atoms with Crippen LogP contribution in [-0.4, -0.2) is 13.1 Å². The van der Waals surface area contributed by atoms with Crippen molar-refractivity contribution in [2.24, 2.45) is 0 Å². The van der Waals surface area contributed by atoms with Gasteiger partial charge in [0, 0.05) is 18.8 Å². The van der Waals surface area contributed by atoms with Gasteiger partial charge in [-0.2, -0.15) is 0 Å². The smallest absolute Gasteiger partial charge is 0.0405 e. The Morgan fingerprint density at radius 3 is 2.59 bits per heavy atom. The van der Waals surface area contributed by atoms with Crippen molar-refractivity contribution in [3.8, 4) is 11.1 Å². The van der Waals surface area contributed by atoms with Crippen LogP contribution in [0.1, 0.15) is 23.6 Å². The predicted molar refractivity (Wildman–Crippen MR) is 93.8 cm³/mol. The van der Waals surface area contributed by atoms with E-state index in [1.807, 2.05) is 0 Å². The fraction of sp³-hybridized carbons (Fsp3) is 0.238. The zero-order chi connectivity index (χ0) is 14.7. The van der Waals surface area contributed by atoms with E-state index in [-0.39, 0.29) is 0 Å². The normalized spacial score (nSPS) is 15.0. The summed E-state index contributed by atoms with van der Waals surface area (Å²) < 4.78 is 0. The Balaban J connectivity index is 1.78. The van der Waals surface area contributed by atoms with Gasteiger partial charge in [-0.15, -0.1) is 0 Å². The number of anilines is 1. The zero-order valence-electron chi connectivity index (χ0n) is 12.9. The molecule has 1 aliphatic carbocycles. The molecule has 0 unspecified atom stereocenters. The molecule has 0 spiro atoms. The van der Waals surface area contributed by atoms with Crippen molar-refractivity contribution in [2.75, 3.05) is 18.0 Å². The topological polar surface area (TPSA) is 3.24 Å². The van der Waals surface area contributed by atoms with Gasteiger partial charge >= 0.3 is 0 Å². The van der Waals surface area contributed by atoms with Crippen LogP contribution >= 0.6 is 0 Å². The molecule has 0 saturated heterocycles. The molecule has 0 N–H and O–H groups in total. The summed E-state index contributed by atoms with van der Waals surface area (Å²) in [4.78, 5) is 2.51. The monoisotopic (exact) mass is 285 g/mol. The summed E-state index contributed by atoms with van der Waals surface area (Å²) in [6, 6.07) is 18.2. The SMILES string of the molecule is CCN1CCc2c1ccc1c2-c2cc3ccccc3cc2C1. The fourth-order valence-electron chi connectivity index (χ4n) is 4.28. The third kappa shape index (κ3) is 1.54. The first-order valence-corrected chi connectivity index (χ1v) is 8.27. The molecule has 22 heavy (non-hydrogen) atoms. The minimum absolute atomic E-state index is 1.09. The van der Waals surface area contributed by atoms with Gasteiger partial charge < -0.3 is 4.90 Å². The van der Waals surface area contributed by atoms with Crippen LogP contribution in [0.25, 0.3) is 21.9 Å². The Hall–Kier alpha value is -2.28. The van der Waals surface area contributed by atoms with E-state index in [1.54, 1.807) is 5.56 Å². The van der Waals surface area contributed by atoms with Gasteiger partial charge in [-0.25, -0.2) is 0 Å². The van der Waals surface area contributed by atoms with E-state index in [2.05, 4.69) is 60.4 Å². The van der Waals surface area contributed by atoms with Gasteiger partial charge in [0.25, 0.3) is 0 Å². The molecular weight excluding hydrogens is 266 g/mol. The van der Waals surface area contributed by atoms with Crippen LogP contribution in [0.4, 0.5) is 5.69 Å². The van der Waals surface area contributed by atoms with Gasteiger partial charge in [0.1, 0.15) is 0 Å². The number of hydrogen-bond donors (Lipinski definition) is 0. The molecule has 0 amide bonds. The van der Waals surface area contributed by atoms with Gasteiger partial charge in [0.15, 0.2) is 0 Å². The quantitative estimate of drug-likeness (QED) is 0.486. The molecule has 1 heteroatoms. The molecule has 2 aliphatic rings. The number of nitrogens with zero attached hydrogens (tertiary/aromatic N) is 1. The highest BCUT2D eigenvalue weighted by atomic mass is 15.1. The van der Waals surface area contributed by atoms with Crippen molar-refractivity contribution >= 4 is 16.5 Å². The van der Waals surface area contributed by atoms with E-state index in [0.29, 0.717) is 0 Å². The number of hydrogen-bond acceptors (Lipinski definition) is 1. The van der Waals surface area contributed by atoms with E-state index in [9.17, 15) is 0 Å². The second kappa shape index (κ2) is 4.36. The Morgan fingerprint density at radius 2 is 1.77 bits per heavy atom. The lowest BCUT2D eigenvalue weighted by atomic mass is 9.96. The highest BCUT2D eigenvalue weighted by Gasteiger charge is 2.28. The van der Waals surface area contributed by atoms with E-state index in [1.165, 1.54) is 51.7 Å². The fourth-order valence-corrected chi connectivity index (χ4v) is 4.28. The minimum Gasteiger partial charge on any atom is -0.371 e. The van der Waals surface area contributed by atoms with Crippen LogP contribution in [0.2, 0.25) is 0 Å². The van der Waals surface area contributed by atoms with Crippen molar-refractivity contribution in [1.29, 1.82) is 0 Å². The van der Waals surface area contributed by atoms with E-state index in [0.717, 1.165) is 13.0 Å². The summed E-state index contributed by atoms with van der Waals surface area (Å²) in [7, 11) is 0. The Kier molecular flexibility index (Phi) is 2.43. The first kappa shape index (κ1) is 12.3. The highest BCUT2D eigenvalue weighted by molar-refractivity contribution is 5.94. The minimum atomic E-state index is 1.09. The van der Waals surface area contributed by atoms with Crippen molar-refractivity contribution in [2.45, 2.75) is 19.8 Å². The highest BCUT2D eigenvalue weighted by Crippen LogP contribution is 2.45. The van der Waals surface area contributed by atoms with E-state index < -0.39 is 0 Å². The maximum Gasteiger partial charge on any atom is 0.0405 e. The van der Waals surface area contributed by atoms with Crippen molar-refractivity contribution in [3.63, 3.8) is 0 Å². The van der Waals surface area contributed by atoms with Gasteiger partial charge in [0.05, 0.1) is 0 Å². The standard InChI is InChI=1S/C21H19N/c1-2-22-10-9-18-20(22)8-7-16-12-17-11-14-5-3-4-6-15(14)13-19(17)21(16)18/h3-8,11,13H,2,9-10,12H2,1H3. The summed E-state index contributed by atoms with van der Waals surface area (Å²) in [5.41, 5.74) is 9.06. The molecule has 0 fully saturated rings. The average molecular weight is 285 g/mol. The van der Waals surface area contributed by atoms with Gasteiger partial charge in [-0.05, 0) is 70.5 Å². The molecule has 5 rings (SSSR count). The number of fused-ring (bicyclic) bond motifs is 6. The lowest BCUT2D eigenvalue weighted by Crippen LogP contribution is -2.18. The second-order valence-corrected chi connectivity index (χ2v) is 6.46. The van der Waals surface area contributed by atoms with Crippen LogP contribution in [0.15, 0.2) is 48.5 Å². The Morgan fingerprint density at radius 1 is 0.955 bits per heavy atom. The number of benzene rings is 3. The molecule has 3 aromatic carbocycles. The molecular formula is C21H19N. The predicted octanol–water partition coefficient (Wildman–Crippen LogP) is 4.79. The summed E-state index contributed by atoms with van der Waals surface area (Å²) in [6.07, 6.45) is 2.29. The van der Waals surface area contributed by atoms with Crippen LogP contribution in [0.5, 0.6) is 0 Å². The zero-order valence-corrected chi connectivity index (χ0v) is 12.9. The molecule has 0 saturated carbocycles. The lowest BCUT2D eigenvalue weighted by Gasteiger charge is -2.17. The van der Waals surface area contributed by atoms with Crippen LogP contribution in [0, 0.1) is 0 Å². The summed E-state index contributed by atoms with van der Waals surface area (Å²) in [5.74, 6) is 0. The van der Waals surface area contributed by atoms with Gasteiger partial charge in [-0.1, -0.05) is 36.4 Å².